The van der Waals surface area contributed by atoms with Gasteiger partial charge in [0, 0.05) is 18.0 Å². The van der Waals surface area contributed by atoms with E-state index in [2.05, 4.69) is 22.0 Å². The molecule has 96 valence electrons. The highest BCUT2D eigenvalue weighted by Gasteiger charge is 2.23. The first-order valence-corrected chi connectivity index (χ1v) is 6.90. The first-order valence-electron chi connectivity index (χ1n) is 6.11. The normalized spacial score (nSPS) is 23.4. The maximum Gasteiger partial charge on any atom is 0.122 e. The van der Waals surface area contributed by atoms with E-state index in [1.54, 1.807) is 19.2 Å². The fourth-order valence-electron chi connectivity index (χ4n) is 2.31. The summed E-state index contributed by atoms with van der Waals surface area (Å²) in [4.78, 5) is 0. The number of methoxy groups -OCH3 is 1. The molecule has 0 spiro atoms. The summed E-state index contributed by atoms with van der Waals surface area (Å²) in [6, 6.07) is 7.59. The van der Waals surface area contributed by atoms with Crippen molar-refractivity contribution in [2.24, 2.45) is 0 Å². The SMILES string of the molecule is COC1CCCC(Oc2cc(Br)cc(C#N)c2)C1. The predicted molar refractivity (Wildman–Crippen MR) is 72.5 cm³/mol. The second-order valence-electron chi connectivity index (χ2n) is 4.55. The molecule has 1 aliphatic carbocycles. The van der Waals surface area contributed by atoms with Crippen molar-refractivity contribution in [1.29, 1.82) is 5.26 Å². The lowest BCUT2D eigenvalue weighted by Crippen LogP contribution is -2.29. The van der Waals surface area contributed by atoms with Crippen LogP contribution in [0.15, 0.2) is 22.7 Å². The van der Waals surface area contributed by atoms with Crippen LogP contribution in [0.4, 0.5) is 0 Å². The van der Waals surface area contributed by atoms with Gasteiger partial charge in [-0.2, -0.15) is 5.26 Å². The lowest BCUT2D eigenvalue weighted by atomic mass is 9.95. The number of hydrogen-bond donors (Lipinski definition) is 0. The van der Waals surface area contributed by atoms with Gasteiger partial charge < -0.3 is 9.47 Å². The van der Waals surface area contributed by atoms with Gasteiger partial charge in [-0.15, -0.1) is 0 Å². The first kappa shape index (κ1) is 13.4. The second-order valence-corrected chi connectivity index (χ2v) is 5.47. The number of benzene rings is 1. The van der Waals surface area contributed by atoms with Crippen molar-refractivity contribution in [3.63, 3.8) is 0 Å². The van der Waals surface area contributed by atoms with Crippen LogP contribution in [0, 0.1) is 11.3 Å². The van der Waals surface area contributed by atoms with Gasteiger partial charge in [0.25, 0.3) is 0 Å². The smallest absolute Gasteiger partial charge is 0.122 e. The Labute approximate surface area is 116 Å². The highest BCUT2D eigenvalue weighted by atomic mass is 79.9. The number of rotatable bonds is 3. The zero-order chi connectivity index (χ0) is 13.0. The quantitative estimate of drug-likeness (QED) is 0.855. The highest BCUT2D eigenvalue weighted by Crippen LogP contribution is 2.27. The Bertz CT molecular complexity index is 456. The Morgan fingerprint density at radius 3 is 2.78 bits per heavy atom. The van der Waals surface area contributed by atoms with E-state index in [0.29, 0.717) is 11.7 Å². The molecule has 4 heteroatoms. The Morgan fingerprint density at radius 1 is 1.28 bits per heavy atom. The van der Waals surface area contributed by atoms with Gasteiger partial charge in [-0.25, -0.2) is 0 Å². The van der Waals surface area contributed by atoms with Crippen molar-refractivity contribution in [2.45, 2.75) is 37.9 Å². The Hall–Kier alpha value is -1.05. The zero-order valence-electron chi connectivity index (χ0n) is 10.4. The third-order valence-electron chi connectivity index (χ3n) is 3.21. The van der Waals surface area contributed by atoms with Crippen molar-refractivity contribution >= 4 is 15.9 Å². The van der Waals surface area contributed by atoms with E-state index >= 15 is 0 Å². The number of hydrogen-bond acceptors (Lipinski definition) is 3. The molecule has 3 nitrogen and oxygen atoms in total. The average molecular weight is 310 g/mol. The molecule has 2 atom stereocenters. The molecule has 0 radical (unpaired) electrons. The minimum absolute atomic E-state index is 0.185. The summed E-state index contributed by atoms with van der Waals surface area (Å²) >= 11 is 3.39. The molecule has 0 N–H and O–H groups in total. The summed E-state index contributed by atoms with van der Waals surface area (Å²) in [6.07, 6.45) is 4.69. The van der Waals surface area contributed by atoms with Gasteiger partial charge in [-0.1, -0.05) is 15.9 Å². The fraction of sp³-hybridized carbons (Fsp3) is 0.500. The summed E-state index contributed by atoms with van der Waals surface area (Å²) in [7, 11) is 1.75. The summed E-state index contributed by atoms with van der Waals surface area (Å²) in [5.41, 5.74) is 0.610. The average Bonchev–Trinajstić information content (AvgIpc) is 2.38. The van der Waals surface area contributed by atoms with Crippen molar-refractivity contribution in [2.75, 3.05) is 7.11 Å². The zero-order valence-corrected chi connectivity index (χ0v) is 11.9. The Morgan fingerprint density at radius 2 is 2.06 bits per heavy atom. The van der Waals surface area contributed by atoms with E-state index in [0.717, 1.165) is 35.9 Å². The van der Waals surface area contributed by atoms with Crippen LogP contribution in [0.2, 0.25) is 0 Å². The van der Waals surface area contributed by atoms with Crippen LogP contribution >= 0.6 is 15.9 Å². The molecule has 1 aromatic carbocycles. The van der Waals surface area contributed by atoms with Crippen molar-refractivity contribution in [1.82, 2.24) is 0 Å². The van der Waals surface area contributed by atoms with Crippen LogP contribution in [-0.2, 0) is 4.74 Å². The van der Waals surface area contributed by atoms with Gasteiger partial charge in [0.05, 0.1) is 17.7 Å². The van der Waals surface area contributed by atoms with E-state index in [9.17, 15) is 0 Å². The van der Waals surface area contributed by atoms with Crippen molar-refractivity contribution in [3.05, 3.63) is 28.2 Å². The van der Waals surface area contributed by atoms with E-state index < -0.39 is 0 Å². The monoisotopic (exact) mass is 309 g/mol. The topological polar surface area (TPSA) is 42.2 Å². The van der Waals surface area contributed by atoms with Gasteiger partial charge in [0.15, 0.2) is 0 Å². The molecule has 1 aromatic rings. The van der Waals surface area contributed by atoms with Crippen molar-refractivity contribution < 1.29 is 9.47 Å². The Kier molecular flexibility index (Phi) is 4.62. The molecule has 0 heterocycles. The molecular weight excluding hydrogens is 294 g/mol. The van der Waals surface area contributed by atoms with E-state index in [1.807, 2.05) is 6.07 Å². The third-order valence-corrected chi connectivity index (χ3v) is 3.67. The number of nitrogens with zero attached hydrogens (tertiary/aromatic N) is 1. The van der Waals surface area contributed by atoms with Gasteiger partial charge >= 0.3 is 0 Å². The first-order chi connectivity index (χ1) is 8.71. The molecule has 1 aliphatic rings. The maximum atomic E-state index is 8.93. The molecule has 0 saturated heterocycles. The molecule has 0 amide bonds. The highest BCUT2D eigenvalue weighted by molar-refractivity contribution is 9.10. The molecule has 0 bridgehead atoms. The summed E-state index contributed by atoms with van der Waals surface area (Å²) in [5.74, 6) is 0.752. The van der Waals surface area contributed by atoms with Crippen molar-refractivity contribution in [3.8, 4) is 11.8 Å². The lowest BCUT2D eigenvalue weighted by molar-refractivity contribution is 0.0209. The molecular formula is C14H16BrNO2. The molecule has 2 rings (SSSR count). The van der Waals surface area contributed by atoms with Crippen LogP contribution in [0.1, 0.15) is 31.2 Å². The van der Waals surface area contributed by atoms with Gasteiger partial charge in [-0.05, 0) is 37.5 Å². The van der Waals surface area contributed by atoms with E-state index in [-0.39, 0.29) is 6.10 Å². The summed E-state index contributed by atoms with van der Waals surface area (Å²) < 4.78 is 12.2. The van der Waals surface area contributed by atoms with Crippen LogP contribution in [0.25, 0.3) is 0 Å². The van der Waals surface area contributed by atoms with Crippen LogP contribution in [0.5, 0.6) is 5.75 Å². The van der Waals surface area contributed by atoms with Gasteiger partial charge in [0.1, 0.15) is 11.9 Å². The van der Waals surface area contributed by atoms with E-state index in [4.69, 9.17) is 14.7 Å². The molecule has 1 saturated carbocycles. The Balaban J connectivity index is 2.05. The number of nitriles is 1. The van der Waals surface area contributed by atoms with Gasteiger partial charge in [-0.3, -0.25) is 0 Å². The molecule has 1 fully saturated rings. The maximum absolute atomic E-state index is 8.93. The summed E-state index contributed by atoms with van der Waals surface area (Å²) in [5, 5.41) is 8.93. The fourth-order valence-corrected chi connectivity index (χ4v) is 2.78. The van der Waals surface area contributed by atoms with E-state index in [1.165, 1.54) is 0 Å². The second kappa shape index (κ2) is 6.21. The van der Waals surface area contributed by atoms with Crippen LogP contribution < -0.4 is 4.74 Å². The molecule has 0 aliphatic heterocycles. The number of halogens is 1. The predicted octanol–water partition coefficient (Wildman–Crippen LogP) is 3.66. The standard InChI is InChI=1S/C14H16BrNO2/c1-17-12-3-2-4-13(8-12)18-14-6-10(9-16)5-11(15)7-14/h5-7,12-13H,2-4,8H2,1H3. The van der Waals surface area contributed by atoms with Crippen LogP contribution in [-0.4, -0.2) is 19.3 Å². The van der Waals surface area contributed by atoms with Crippen LogP contribution in [0.3, 0.4) is 0 Å². The number of ether oxygens (including phenoxy) is 2. The minimum Gasteiger partial charge on any atom is -0.490 e. The largest absolute Gasteiger partial charge is 0.490 e. The lowest BCUT2D eigenvalue weighted by Gasteiger charge is -2.28. The molecule has 0 aromatic heterocycles. The molecule has 2 unspecified atom stereocenters. The summed E-state index contributed by atoms with van der Waals surface area (Å²) in [6.45, 7) is 0. The molecule has 18 heavy (non-hydrogen) atoms. The van der Waals surface area contributed by atoms with Gasteiger partial charge in [0.2, 0.25) is 0 Å². The third kappa shape index (κ3) is 3.47. The minimum atomic E-state index is 0.185.